The van der Waals surface area contributed by atoms with Crippen molar-refractivity contribution in [2.75, 3.05) is 4.90 Å². The highest BCUT2D eigenvalue weighted by molar-refractivity contribution is 6.31. The third-order valence-electron chi connectivity index (χ3n) is 3.70. The number of anilines is 1. The first kappa shape index (κ1) is 17.8. The van der Waals surface area contributed by atoms with E-state index in [1.807, 2.05) is 0 Å². The second-order valence-electron chi connectivity index (χ2n) is 5.82. The molecule has 0 spiro atoms. The van der Waals surface area contributed by atoms with Crippen molar-refractivity contribution in [2.45, 2.75) is 26.3 Å². The molecule has 3 rings (SSSR count). The largest absolute Gasteiger partial charge is 0.548 e. The molecule has 1 aliphatic rings. The Hall–Kier alpha value is -3.00. The summed E-state index contributed by atoms with van der Waals surface area (Å²) in [5, 5.41) is 14.6. The number of aryl methyl sites for hydroxylation is 2. The van der Waals surface area contributed by atoms with Gasteiger partial charge in [0.25, 0.3) is 5.95 Å². The van der Waals surface area contributed by atoms with Crippen LogP contribution in [0.15, 0.2) is 35.3 Å². The van der Waals surface area contributed by atoms with Gasteiger partial charge < -0.3 is 14.8 Å². The molecule has 2 heterocycles. The lowest BCUT2D eigenvalue weighted by atomic mass is 10.1. The Morgan fingerprint density at radius 3 is 2.62 bits per heavy atom. The smallest absolute Gasteiger partial charge is 0.253 e. The number of nitrogens with one attached hydrogen (secondary N) is 1. The number of hydrogen-bond donors (Lipinski definition) is 1. The topological polar surface area (TPSA) is 111 Å². The van der Waals surface area contributed by atoms with Crippen LogP contribution in [0.2, 0.25) is 5.02 Å². The van der Waals surface area contributed by atoms with E-state index in [0.29, 0.717) is 22.1 Å². The molecule has 134 valence electrons. The number of carboxylic acid groups (broad SMARTS) is 1. The van der Waals surface area contributed by atoms with Crippen LogP contribution in [0.1, 0.15) is 17.8 Å². The average Bonchev–Trinajstić information content (AvgIpc) is 2.53. The SMILES string of the molecule is Cc1cc(C)nc(/N=C2\NC(=O)C[C@H](C(=O)[O-])N2c2cccc(Cl)c2)n1. The normalized spacial score (nSPS) is 18.7. The first-order chi connectivity index (χ1) is 12.3. The van der Waals surface area contributed by atoms with Gasteiger partial charge in [-0.25, -0.2) is 9.97 Å². The predicted molar refractivity (Wildman–Crippen MR) is 94.1 cm³/mol. The molecule has 0 bridgehead atoms. The first-order valence-electron chi connectivity index (χ1n) is 7.80. The molecule has 0 aliphatic carbocycles. The molecule has 1 fully saturated rings. The summed E-state index contributed by atoms with van der Waals surface area (Å²) in [7, 11) is 0. The molecule has 1 aromatic carbocycles. The Morgan fingerprint density at radius 2 is 2.00 bits per heavy atom. The van der Waals surface area contributed by atoms with Crippen molar-refractivity contribution in [3.63, 3.8) is 0 Å². The maximum Gasteiger partial charge on any atom is 0.253 e. The van der Waals surface area contributed by atoms with Crippen LogP contribution in [0.4, 0.5) is 11.6 Å². The summed E-state index contributed by atoms with van der Waals surface area (Å²) in [4.78, 5) is 37.6. The maximum atomic E-state index is 12.0. The van der Waals surface area contributed by atoms with Gasteiger partial charge >= 0.3 is 0 Å². The number of nitrogens with zero attached hydrogens (tertiary/aromatic N) is 4. The number of aromatic nitrogens is 2. The van der Waals surface area contributed by atoms with Crippen LogP contribution in [0.25, 0.3) is 0 Å². The summed E-state index contributed by atoms with van der Waals surface area (Å²) in [5.74, 6) is -1.76. The van der Waals surface area contributed by atoms with Crippen molar-refractivity contribution in [3.8, 4) is 0 Å². The second-order valence-corrected chi connectivity index (χ2v) is 6.26. The van der Waals surface area contributed by atoms with E-state index in [-0.39, 0.29) is 18.3 Å². The maximum absolute atomic E-state index is 12.0. The van der Waals surface area contributed by atoms with Crippen molar-refractivity contribution in [1.82, 2.24) is 15.3 Å². The third-order valence-corrected chi connectivity index (χ3v) is 3.94. The Morgan fingerprint density at radius 1 is 1.31 bits per heavy atom. The Kier molecular flexibility index (Phi) is 4.85. The number of aliphatic imine (C=N–C) groups is 1. The van der Waals surface area contributed by atoms with E-state index < -0.39 is 17.9 Å². The van der Waals surface area contributed by atoms with Gasteiger partial charge in [-0.3, -0.25) is 10.1 Å². The van der Waals surface area contributed by atoms with Gasteiger partial charge in [0, 0.05) is 22.1 Å². The van der Waals surface area contributed by atoms with Crippen molar-refractivity contribution < 1.29 is 14.7 Å². The van der Waals surface area contributed by atoms with Gasteiger partial charge in [0.2, 0.25) is 11.9 Å². The number of rotatable bonds is 3. The van der Waals surface area contributed by atoms with Crippen molar-refractivity contribution >= 4 is 41.1 Å². The van der Waals surface area contributed by atoms with Crippen LogP contribution in [0, 0.1) is 13.8 Å². The molecule has 0 saturated carbocycles. The number of aliphatic carboxylic acids is 1. The molecular formula is C17H15ClN5O3-. The Labute approximate surface area is 154 Å². The summed E-state index contributed by atoms with van der Waals surface area (Å²) in [6.07, 6.45) is -0.276. The minimum Gasteiger partial charge on any atom is -0.548 e. The molecule has 1 N–H and O–H groups in total. The van der Waals surface area contributed by atoms with Gasteiger partial charge in [0.05, 0.1) is 18.4 Å². The van der Waals surface area contributed by atoms with Gasteiger partial charge in [-0.1, -0.05) is 17.7 Å². The Balaban J connectivity index is 2.13. The van der Waals surface area contributed by atoms with Gasteiger partial charge in [0.1, 0.15) is 0 Å². The fourth-order valence-electron chi connectivity index (χ4n) is 2.70. The van der Waals surface area contributed by atoms with E-state index in [9.17, 15) is 14.7 Å². The minimum absolute atomic E-state index is 0.00252. The minimum atomic E-state index is -1.39. The average molecular weight is 373 g/mol. The van der Waals surface area contributed by atoms with Crippen LogP contribution in [-0.4, -0.2) is 33.8 Å². The van der Waals surface area contributed by atoms with Gasteiger partial charge in [0.15, 0.2) is 0 Å². The zero-order valence-corrected chi connectivity index (χ0v) is 14.8. The quantitative estimate of drug-likeness (QED) is 0.856. The van der Waals surface area contributed by atoms with Gasteiger partial charge in [-0.05, 0) is 38.1 Å². The number of carbonyl (C=O) groups is 2. The number of guanidine groups is 1. The first-order valence-corrected chi connectivity index (χ1v) is 8.18. The fraction of sp³-hybridized carbons (Fsp3) is 0.235. The van der Waals surface area contributed by atoms with Crippen LogP contribution in [0.3, 0.4) is 0 Å². The highest BCUT2D eigenvalue weighted by Crippen LogP contribution is 2.25. The Bertz CT molecular complexity index is 895. The summed E-state index contributed by atoms with van der Waals surface area (Å²) in [6.45, 7) is 3.58. The number of benzene rings is 1. The molecule has 0 radical (unpaired) electrons. The van der Waals surface area contributed by atoms with Crippen molar-refractivity contribution in [3.05, 3.63) is 46.7 Å². The van der Waals surface area contributed by atoms with Crippen molar-refractivity contribution in [2.24, 2.45) is 4.99 Å². The van der Waals surface area contributed by atoms with Crippen molar-refractivity contribution in [1.29, 1.82) is 0 Å². The molecule has 1 amide bonds. The van der Waals surface area contributed by atoms with E-state index >= 15 is 0 Å². The molecule has 1 saturated heterocycles. The highest BCUT2D eigenvalue weighted by Gasteiger charge is 2.33. The lowest BCUT2D eigenvalue weighted by Gasteiger charge is -2.38. The molecule has 26 heavy (non-hydrogen) atoms. The fourth-order valence-corrected chi connectivity index (χ4v) is 2.89. The molecule has 1 aliphatic heterocycles. The third kappa shape index (κ3) is 3.80. The van der Waals surface area contributed by atoms with E-state index in [1.165, 1.54) is 4.90 Å². The lowest BCUT2D eigenvalue weighted by molar-refractivity contribution is -0.307. The zero-order valence-electron chi connectivity index (χ0n) is 14.1. The van der Waals surface area contributed by atoms with Crippen LogP contribution in [0.5, 0.6) is 0 Å². The van der Waals surface area contributed by atoms with E-state index in [1.54, 1.807) is 44.2 Å². The number of carbonyl (C=O) groups excluding carboxylic acids is 2. The molecule has 1 aromatic heterocycles. The summed E-state index contributed by atoms with van der Waals surface area (Å²) >= 11 is 6.03. The van der Waals surface area contributed by atoms with Gasteiger partial charge in [-0.15, -0.1) is 0 Å². The second kappa shape index (κ2) is 7.09. The predicted octanol–water partition coefficient (Wildman–Crippen LogP) is 0.879. The molecule has 2 aromatic rings. The highest BCUT2D eigenvalue weighted by atomic mass is 35.5. The molecular weight excluding hydrogens is 358 g/mol. The van der Waals surface area contributed by atoms with E-state index in [2.05, 4.69) is 20.3 Å². The summed E-state index contributed by atoms with van der Waals surface area (Å²) < 4.78 is 0. The molecule has 8 nitrogen and oxygen atoms in total. The van der Waals surface area contributed by atoms with Crippen LogP contribution >= 0.6 is 11.6 Å². The monoisotopic (exact) mass is 372 g/mol. The van der Waals surface area contributed by atoms with Crippen LogP contribution < -0.4 is 15.3 Å². The lowest BCUT2D eigenvalue weighted by Crippen LogP contribution is -2.61. The van der Waals surface area contributed by atoms with Crippen LogP contribution in [-0.2, 0) is 9.59 Å². The summed E-state index contributed by atoms with van der Waals surface area (Å²) in [6, 6.07) is 7.12. The number of carboxylic acids is 1. The number of halogens is 1. The molecule has 1 atom stereocenters. The zero-order chi connectivity index (χ0) is 18.8. The number of hydrogen-bond acceptors (Lipinski definition) is 6. The van der Waals surface area contributed by atoms with E-state index in [4.69, 9.17) is 11.6 Å². The molecule has 0 unspecified atom stereocenters. The van der Waals surface area contributed by atoms with Gasteiger partial charge in [-0.2, -0.15) is 4.99 Å². The standard InChI is InChI=1S/C17H16ClN5O3/c1-9-6-10(2)20-16(19-9)22-17-21-14(24)8-13(15(25)26)23(17)12-5-3-4-11(18)7-12/h3-7,13H,8H2,1-2H3,(H,25,26)(H,19,20,21,22,24)/p-1/t13-/m1/s1. The summed E-state index contributed by atoms with van der Waals surface area (Å²) in [5.41, 5.74) is 1.85. The van der Waals surface area contributed by atoms with E-state index in [0.717, 1.165) is 0 Å². The number of amides is 1. The molecule has 9 heteroatoms.